The zero-order valence-corrected chi connectivity index (χ0v) is 13.7. The summed E-state index contributed by atoms with van der Waals surface area (Å²) < 4.78 is 0. The van der Waals surface area contributed by atoms with Gasteiger partial charge < -0.3 is 9.88 Å². The van der Waals surface area contributed by atoms with Gasteiger partial charge in [-0.25, -0.2) is 0 Å². The molecule has 1 N–H and O–H groups in total. The van der Waals surface area contributed by atoms with Crippen molar-refractivity contribution in [2.45, 2.75) is 6.92 Å². The fraction of sp³-hybridized carbons (Fsp3) is 0.353. The first-order chi connectivity index (χ1) is 10.2. The lowest BCUT2D eigenvalue weighted by atomic mass is 10.1. The van der Waals surface area contributed by atoms with Crippen LogP contribution in [0, 0.1) is 6.92 Å². The Labute approximate surface area is 136 Å². The van der Waals surface area contributed by atoms with Gasteiger partial charge >= 0.3 is 0 Å². The molecular weight excluding hydrogens is 298 g/mol. The summed E-state index contributed by atoms with van der Waals surface area (Å²) in [6.07, 6.45) is 1.93. The third-order valence-corrected chi connectivity index (χ3v) is 4.17. The number of nitrogens with one attached hydrogen (secondary N) is 1. The van der Waals surface area contributed by atoms with Crippen molar-refractivity contribution in [2.24, 2.45) is 0 Å². The van der Waals surface area contributed by atoms with Crippen LogP contribution in [0.2, 0.25) is 0 Å². The molecule has 0 amide bonds. The predicted octanol–water partition coefficient (Wildman–Crippen LogP) is 2.57. The molecule has 0 radical (unpaired) electrons. The minimum absolute atomic E-state index is 0. The zero-order chi connectivity index (χ0) is 14.8. The first-order valence-corrected chi connectivity index (χ1v) is 7.40. The molecule has 0 saturated carbocycles. The lowest BCUT2D eigenvalue weighted by Crippen LogP contribution is -2.47. The van der Waals surface area contributed by atoms with E-state index in [1.165, 1.54) is 0 Å². The smallest absolute Gasteiger partial charge is 0.271 e. The molecule has 2 heterocycles. The maximum absolute atomic E-state index is 12.4. The standard InChI is InChI=1S/C17H21N3O.ClH/c1-3-7-19-8-10-20(11-9-19)15-12-14-6-4-5-13(2)16(14)18-17(15)21;/h3-6,12H,1,7-11H2,2H3,(H,18,21);1H. The molecule has 0 aliphatic carbocycles. The second-order valence-electron chi connectivity index (χ2n) is 5.60. The maximum atomic E-state index is 12.4. The topological polar surface area (TPSA) is 39.3 Å². The molecule has 0 spiro atoms. The highest BCUT2D eigenvalue weighted by Gasteiger charge is 2.18. The predicted molar refractivity (Wildman–Crippen MR) is 95.4 cm³/mol. The van der Waals surface area contributed by atoms with E-state index in [4.69, 9.17) is 0 Å². The molecule has 1 saturated heterocycles. The number of hydrogen-bond acceptors (Lipinski definition) is 3. The molecule has 2 aromatic rings. The summed E-state index contributed by atoms with van der Waals surface area (Å²) in [5, 5.41) is 1.10. The molecule has 1 aliphatic heterocycles. The minimum atomic E-state index is 0. The number of aromatic amines is 1. The van der Waals surface area contributed by atoms with Gasteiger partial charge in [0.25, 0.3) is 5.56 Å². The van der Waals surface area contributed by atoms with Gasteiger partial charge in [0.2, 0.25) is 0 Å². The molecule has 5 heteroatoms. The summed E-state index contributed by atoms with van der Waals surface area (Å²) in [5.74, 6) is 0. The van der Waals surface area contributed by atoms with Gasteiger partial charge in [-0.3, -0.25) is 9.69 Å². The Morgan fingerprint density at radius 3 is 2.68 bits per heavy atom. The van der Waals surface area contributed by atoms with Crippen LogP contribution in [0.1, 0.15) is 5.56 Å². The van der Waals surface area contributed by atoms with Crippen LogP contribution in [0.3, 0.4) is 0 Å². The highest BCUT2D eigenvalue weighted by molar-refractivity contribution is 5.85. The first kappa shape index (κ1) is 16.6. The van der Waals surface area contributed by atoms with Crippen LogP contribution < -0.4 is 10.5 Å². The van der Waals surface area contributed by atoms with Gasteiger partial charge in [0.05, 0.1) is 5.52 Å². The lowest BCUT2D eigenvalue weighted by Gasteiger charge is -2.35. The van der Waals surface area contributed by atoms with Crippen LogP contribution in [0.25, 0.3) is 10.9 Å². The Balaban J connectivity index is 0.00000176. The van der Waals surface area contributed by atoms with Crippen LogP contribution in [0.4, 0.5) is 5.69 Å². The summed E-state index contributed by atoms with van der Waals surface area (Å²) in [7, 11) is 0. The van der Waals surface area contributed by atoms with Crippen LogP contribution in [-0.4, -0.2) is 42.6 Å². The number of fused-ring (bicyclic) bond motifs is 1. The van der Waals surface area contributed by atoms with E-state index in [0.29, 0.717) is 0 Å². The van der Waals surface area contributed by atoms with Gasteiger partial charge in [-0.15, -0.1) is 19.0 Å². The summed E-state index contributed by atoms with van der Waals surface area (Å²) >= 11 is 0. The van der Waals surface area contributed by atoms with E-state index in [9.17, 15) is 4.79 Å². The quantitative estimate of drug-likeness (QED) is 0.884. The summed E-state index contributed by atoms with van der Waals surface area (Å²) in [6.45, 7) is 10.4. The molecule has 3 rings (SSSR count). The SMILES string of the molecule is C=CCN1CCN(c2cc3cccc(C)c3[nH]c2=O)CC1.Cl. The first-order valence-electron chi connectivity index (χ1n) is 7.40. The second-order valence-corrected chi connectivity index (χ2v) is 5.60. The molecule has 0 bridgehead atoms. The van der Waals surface area contributed by atoms with Gasteiger partial charge in [0.1, 0.15) is 5.69 Å². The van der Waals surface area contributed by atoms with Gasteiger partial charge in [-0.1, -0.05) is 24.3 Å². The number of rotatable bonds is 3. The number of aryl methyl sites for hydroxylation is 1. The second kappa shape index (κ2) is 6.99. The van der Waals surface area contributed by atoms with Crippen molar-refractivity contribution < 1.29 is 0 Å². The molecule has 0 unspecified atom stereocenters. The normalized spacial score (nSPS) is 15.6. The number of benzene rings is 1. The number of anilines is 1. The highest BCUT2D eigenvalue weighted by Crippen LogP contribution is 2.20. The van der Waals surface area contributed by atoms with E-state index in [1.54, 1.807) is 0 Å². The van der Waals surface area contributed by atoms with Crippen LogP contribution in [0.5, 0.6) is 0 Å². The van der Waals surface area contributed by atoms with Gasteiger partial charge in [-0.05, 0) is 18.6 Å². The number of piperazine rings is 1. The summed E-state index contributed by atoms with van der Waals surface area (Å²) in [5.41, 5.74) is 2.84. The Morgan fingerprint density at radius 2 is 2.00 bits per heavy atom. The number of nitrogens with zero attached hydrogens (tertiary/aromatic N) is 2. The number of aromatic nitrogens is 1. The van der Waals surface area contributed by atoms with Gasteiger partial charge in [0, 0.05) is 38.1 Å². The van der Waals surface area contributed by atoms with Crippen LogP contribution in [0.15, 0.2) is 41.7 Å². The van der Waals surface area contributed by atoms with E-state index in [-0.39, 0.29) is 18.0 Å². The average molecular weight is 320 g/mol. The van der Waals surface area contributed by atoms with E-state index in [0.717, 1.165) is 54.9 Å². The molecule has 1 aromatic carbocycles. The maximum Gasteiger partial charge on any atom is 0.271 e. The largest absolute Gasteiger partial charge is 0.365 e. The van der Waals surface area contributed by atoms with E-state index >= 15 is 0 Å². The van der Waals surface area contributed by atoms with E-state index in [1.807, 2.05) is 31.2 Å². The summed E-state index contributed by atoms with van der Waals surface area (Å²) in [4.78, 5) is 19.9. The van der Waals surface area contributed by atoms with Crippen molar-refractivity contribution in [1.29, 1.82) is 0 Å². The Bertz CT molecular complexity index is 717. The molecule has 0 atom stereocenters. The van der Waals surface area contributed by atoms with Crippen LogP contribution >= 0.6 is 12.4 Å². The molecule has 22 heavy (non-hydrogen) atoms. The fourth-order valence-corrected chi connectivity index (χ4v) is 2.96. The number of pyridine rings is 1. The Morgan fingerprint density at radius 1 is 1.27 bits per heavy atom. The van der Waals surface area contributed by atoms with Crippen LogP contribution in [-0.2, 0) is 0 Å². The number of para-hydroxylation sites is 1. The van der Waals surface area contributed by atoms with Crippen molar-refractivity contribution >= 4 is 29.0 Å². The van der Waals surface area contributed by atoms with Crippen molar-refractivity contribution in [3.63, 3.8) is 0 Å². The number of halogens is 1. The molecular formula is C17H22ClN3O. The highest BCUT2D eigenvalue weighted by atomic mass is 35.5. The number of H-pyrrole nitrogens is 1. The third-order valence-electron chi connectivity index (χ3n) is 4.17. The summed E-state index contributed by atoms with van der Waals surface area (Å²) in [6, 6.07) is 8.12. The molecule has 1 aromatic heterocycles. The lowest BCUT2D eigenvalue weighted by molar-refractivity contribution is 0.284. The monoisotopic (exact) mass is 319 g/mol. The fourth-order valence-electron chi connectivity index (χ4n) is 2.96. The zero-order valence-electron chi connectivity index (χ0n) is 12.8. The van der Waals surface area contributed by atoms with Gasteiger partial charge in [0.15, 0.2) is 0 Å². The average Bonchev–Trinajstić information content (AvgIpc) is 2.49. The molecule has 1 fully saturated rings. The Kier molecular flexibility index (Phi) is 5.27. The van der Waals surface area contributed by atoms with Gasteiger partial charge in [-0.2, -0.15) is 0 Å². The van der Waals surface area contributed by atoms with Crippen molar-refractivity contribution in [3.8, 4) is 0 Å². The van der Waals surface area contributed by atoms with Crippen molar-refractivity contribution in [2.75, 3.05) is 37.6 Å². The molecule has 4 nitrogen and oxygen atoms in total. The molecule has 1 aliphatic rings. The minimum Gasteiger partial charge on any atom is -0.365 e. The van der Waals surface area contributed by atoms with Crippen molar-refractivity contribution in [1.82, 2.24) is 9.88 Å². The number of hydrogen-bond donors (Lipinski definition) is 1. The molecule has 118 valence electrons. The van der Waals surface area contributed by atoms with Crippen molar-refractivity contribution in [3.05, 3.63) is 52.8 Å². The third kappa shape index (κ3) is 3.18. The van der Waals surface area contributed by atoms with E-state index < -0.39 is 0 Å². The Hall–Kier alpha value is -1.78. The van der Waals surface area contributed by atoms with E-state index in [2.05, 4.69) is 27.4 Å².